The first-order valence-corrected chi connectivity index (χ1v) is 5.44. The minimum Gasteiger partial charge on any atom is -0.334 e. The molecule has 0 spiro atoms. The molecule has 0 aliphatic carbocycles. The van der Waals surface area contributed by atoms with Crippen LogP contribution in [0, 0.1) is 5.82 Å². The maximum absolute atomic E-state index is 12.8. The summed E-state index contributed by atoms with van der Waals surface area (Å²) in [5, 5.41) is 0. The zero-order valence-corrected chi connectivity index (χ0v) is 9.19. The highest BCUT2D eigenvalue weighted by Crippen LogP contribution is 2.31. The number of nitrogens with zero attached hydrogens (tertiary/aromatic N) is 1. The van der Waals surface area contributed by atoms with E-state index in [0.717, 1.165) is 5.56 Å². The standard InChI is InChI=1S/C12H15FN2O/c1-2-15-11(16)7-10(14)12(15)8-3-5-9(13)6-4-8/h3-6,10,12H,2,7,14H2,1H3/t10-,12+/m0/s1. The summed E-state index contributed by atoms with van der Waals surface area (Å²) in [6.45, 7) is 2.56. The molecule has 16 heavy (non-hydrogen) atoms. The summed E-state index contributed by atoms with van der Waals surface area (Å²) in [6, 6.07) is 5.88. The maximum Gasteiger partial charge on any atom is 0.224 e. The molecule has 1 amide bonds. The Morgan fingerprint density at radius 2 is 2.06 bits per heavy atom. The SMILES string of the molecule is CCN1C(=O)C[C@H](N)[C@H]1c1ccc(F)cc1. The summed E-state index contributed by atoms with van der Waals surface area (Å²) in [4.78, 5) is 13.4. The Morgan fingerprint density at radius 3 is 2.62 bits per heavy atom. The monoisotopic (exact) mass is 222 g/mol. The highest BCUT2D eigenvalue weighted by Gasteiger charge is 2.37. The number of likely N-dealkylation sites (N-methyl/N-ethyl adjacent to an activating group) is 1. The minimum atomic E-state index is -0.273. The normalized spacial score (nSPS) is 25.2. The van der Waals surface area contributed by atoms with Gasteiger partial charge < -0.3 is 10.6 Å². The zero-order chi connectivity index (χ0) is 11.7. The van der Waals surface area contributed by atoms with Crippen LogP contribution < -0.4 is 5.73 Å². The van der Waals surface area contributed by atoms with Gasteiger partial charge in [-0.1, -0.05) is 12.1 Å². The molecule has 2 rings (SSSR count). The van der Waals surface area contributed by atoms with Crippen LogP contribution in [0.1, 0.15) is 24.9 Å². The number of nitrogens with two attached hydrogens (primary N) is 1. The number of hydrogen-bond acceptors (Lipinski definition) is 2. The lowest BCUT2D eigenvalue weighted by atomic mass is 10.0. The Morgan fingerprint density at radius 1 is 1.44 bits per heavy atom. The Bertz CT molecular complexity index is 391. The summed E-state index contributed by atoms with van der Waals surface area (Å²) >= 11 is 0. The molecule has 2 atom stereocenters. The number of carbonyl (C=O) groups excluding carboxylic acids is 1. The van der Waals surface area contributed by atoms with Crippen LogP contribution in [0.15, 0.2) is 24.3 Å². The van der Waals surface area contributed by atoms with E-state index in [-0.39, 0.29) is 23.8 Å². The average Bonchev–Trinajstić information content (AvgIpc) is 2.54. The number of halogens is 1. The van der Waals surface area contributed by atoms with Crippen LogP contribution in [-0.2, 0) is 4.79 Å². The second-order valence-corrected chi connectivity index (χ2v) is 4.04. The van der Waals surface area contributed by atoms with Gasteiger partial charge in [-0.2, -0.15) is 0 Å². The van der Waals surface area contributed by atoms with E-state index in [1.807, 2.05) is 6.92 Å². The second-order valence-electron chi connectivity index (χ2n) is 4.04. The van der Waals surface area contributed by atoms with E-state index in [1.54, 1.807) is 17.0 Å². The lowest BCUT2D eigenvalue weighted by Crippen LogP contribution is -2.32. The van der Waals surface area contributed by atoms with E-state index in [1.165, 1.54) is 12.1 Å². The molecule has 1 fully saturated rings. The molecule has 4 heteroatoms. The fraction of sp³-hybridized carbons (Fsp3) is 0.417. The van der Waals surface area contributed by atoms with Crippen molar-refractivity contribution in [2.24, 2.45) is 5.73 Å². The van der Waals surface area contributed by atoms with Crippen LogP contribution in [0.25, 0.3) is 0 Å². The van der Waals surface area contributed by atoms with Gasteiger partial charge in [0.15, 0.2) is 0 Å². The molecular formula is C12H15FN2O. The minimum absolute atomic E-state index is 0.0734. The van der Waals surface area contributed by atoms with Gasteiger partial charge in [0.05, 0.1) is 6.04 Å². The van der Waals surface area contributed by atoms with Gasteiger partial charge in [0.25, 0.3) is 0 Å². The lowest BCUT2D eigenvalue weighted by molar-refractivity contribution is -0.128. The first-order chi connectivity index (χ1) is 7.63. The summed E-state index contributed by atoms with van der Waals surface area (Å²) < 4.78 is 12.8. The number of amides is 1. The molecule has 0 radical (unpaired) electrons. The van der Waals surface area contributed by atoms with Crippen molar-refractivity contribution in [1.29, 1.82) is 0 Å². The third kappa shape index (κ3) is 1.80. The topological polar surface area (TPSA) is 46.3 Å². The van der Waals surface area contributed by atoms with Gasteiger partial charge in [-0.15, -0.1) is 0 Å². The first-order valence-electron chi connectivity index (χ1n) is 5.44. The summed E-state index contributed by atoms with van der Waals surface area (Å²) in [6.07, 6.45) is 0.371. The van der Waals surface area contributed by atoms with Crippen molar-refractivity contribution in [2.45, 2.75) is 25.4 Å². The van der Waals surface area contributed by atoms with Crippen molar-refractivity contribution >= 4 is 5.91 Å². The second kappa shape index (κ2) is 4.22. The van der Waals surface area contributed by atoms with Crippen molar-refractivity contribution < 1.29 is 9.18 Å². The quantitative estimate of drug-likeness (QED) is 0.823. The molecule has 1 heterocycles. The van der Waals surface area contributed by atoms with E-state index >= 15 is 0 Å². The van der Waals surface area contributed by atoms with Gasteiger partial charge in [0, 0.05) is 19.0 Å². The van der Waals surface area contributed by atoms with Gasteiger partial charge in [-0.25, -0.2) is 4.39 Å². The van der Waals surface area contributed by atoms with Crippen LogP contribution in [0.3, 0.4) is 0 Å². The highest BCUT2D eigenvalue weighted by atomic mass is 19.1. The van der Waals surface area contributed by atoms with Gasteiger partial charge in [0.2, 0.25) is 5.91 Å². The third-order valence-electron chi connectivity index (χ3n) is 3.02. The summed E-state index contributed by atoms with van der Waals surface area (Å²) in [7, 11) is 0. The molecule has 1 saturated heterocycles. The van der Waals surface area contributed by atoms with Crippen molar-refractivity contribution in [3.63, 3.8) is 0 Å². The van der Waals surface area contributed by atoms with Crippen LogP contribution >= 0.6 is 0 Å². The smallest absolute Gasteiger partial charge is 0.224 e. The van der Waals surface area contributed by atoms with E-state index in [2.05, 4.69) is 0 Å². The lowest BCUT2D eigenvalue weighted by Gasteiger charge is -2.25. The number of hydrogen-bond donors (Lipinski definition) is 1. The third-order valence-corrected chi connectivity index (χ3v) is 3.02. The molecule has 1 aromatic carbocycles. The molecule has 2 N–H and O–H groups in total. The largest absolute Gasteiger partial charge is 0.334 e. The number of likely N-dealkylation sites (tertiary alicyclic amines) is 1. The Balaban J connectivity index is 2.31. The van der Waals surface area contributed by atoms with Gasteiger partial charge in [-0.3, -0.25) is 4.79 Å². The fourth-order valence-electron chi connectivity index (χ4n) is 2.28. The molecule has 86 valence electrons. The summed E-state index contributed by atoms with van der Waals surface area (Å²) in [5.41, 5.74) is 6.85. The number of carbonyl (C=O) groups is 1. The molecule has 3 nitrogen and oxygen atoms in total. The van der Waals surface area contributed by atoms with E-state index in [0.29, 0.717) is 13.0 Å². The van der Waals surface area contributed by atoms with Gasteiger partial charge in [0.1, 0.15) is 5.82 Å². The number of rotatable bonds is 2. The maximum atomic E-state index is 12.8. The summed E-state index contributed by atoms with van der Waals surface area (Å²) in [5.74, 6) is -0.200. The van der Waals surface area contributed by atoms with Crippen molar-refractivity contribution in [1.82, 2.24) is 4.90 Å². The highest BCUT2D eigenvalue weighted by molar-refractivity contribution is 5.80. The average molecular weight is 222 g/mol. The first kappa shape index (κ1) is 11.1. The molecule has 0 saturated carbocycles. The predicted octanol–water partition coefficient (Wildman–Crippen LogP) is 1.45. The molecule has 0 aromatic heterocycles. The van der Waals surface area contributed by atoms with Crippen LogP contribution in [0.2, 0.25) is 0 Å². The molecule has 1 aromatic rings. The van der Waals surface area contributed by atoms with Crippen molar-refractivity contribution in [3.05, 3.63) is 35.6 Å². The Hall–Kier alpha value is -1.42. The van der Waals surface area contributed by atoms with Gasteiger partial charge >= 0.3 is 0 Å². The van der Waals surface area contributed by atoms with Crippen LogP contribution in [0.5, 0.6) is 0 Å². The van der Waals surface area contributed by atoms with Crippen molar-refractivity contribution in [3.8, 4) is 0 Å². The van der Waals surface area contributed by atoms with Crippen LogP contribution in [0.4, 0.5) is 4.39 Å². The van der Waals surface area contributed by atoms with Crippen LogP contribution in [-0.4, -0.2) is 23.4 Å². The fourth-order valence-corrected chi connectivity index (χ4v) is 2.28. The molecule has 0 bridgehead atoms. The number of benzene rings is 1. The molecule has 0 unspecified atom stereocenters. The molecular weight excluding hydrogens is 207 g/mol. The van der Waals surface area contributed by atoms with Gasteiger partial charge in [-0.05, 0) is 24.6 Å². The van der Waals surface area contributed by atoms with E-state index < -0.39 is 0 Å². The molecule has 1 aliphatic heterocycles. The van der Waals surface area contributed by atoms with E-state index in [4.69, 9.17) is 5.73 Å². The molecule has 1 aliphatic rings. The Kier molecular flexibility index (Phi) is 2.92. The van der Waals surface area contributed by atoms with Crippen molar-refractivity contribution in [2.75, 3.05) is 6.54 Å². The van der Waals surface area contributed by atoms with E-state index in [9.17, 15) is 9.18 Å². The zero-order valence-electron chi connectivity index (χ0n) is 9.19. The predicted molar refractivity (Wildman–Crippen MR) is 59.1 cm³/mol. The Labute approximate surface area is 94.0 Å².